The van der Waals surface area contributed by atoms with Crippen LogP contribution < -0.4 is 4.74 Å². The van der Waals surface area contributed by atoms with Gasteiger partial charge in [-0.2, -0.15) is 0 Å². The summed E-state index contributed by atoms with van der Waals surface area (Å²) < 4.78 is 5.20. The van der Waals surface area contributed by atoms with Crippen LogP contribution in [0.2, 0.25) is 0 Å². The molecule has 1 saturated heterocycles. The molecule has 0 unspecified atom stereocenters. The predicted octanol–water partition coefficient (Wildman–Crippen LogP) is 4.39. The molecule has 0 aliphatic carbocycles. The molecule has 4 nitrogen and oxygen atoms in total. The Morgan fingerprint density at radius 2 is 1.92 bits per heavy atom. The summed E-state index contributed by atoms with van der Waals surface area (Å²) in [6.45, 7) is 2.75. The summed E-state index contributed by atoms with van der Waals surface area (Å²) in [5, 5.41) is 0. The van der Waals surface area contributed by atoms with E-state index in [9.17, 15) is 9.59 Å². The van der Waals surface area contributed by atoms with E-state index in [1.165, 1.54) is 11.3 Å². The van der Waals surface area contributed by atoms with Gasteiger partial charge in [-0.1, -0.05) is 12.1 Å². The number of hydrogen-bond acceptors (Lipinski definition) is 4. The van der Waals surface area contributed by atoms with Crippen LogP contribution in [-0.2, 0) is 4.79 Å². The zero-order chi connectivity index (χ0) is 17.8. The van der Waals surface area contributed by atoms with Crippen LogP contribution >= 0.6 is 11.3 Å². The molecule has 2 heterocycles. The Kier molecular flexibility index (Phi) is 5.53. The molecule has 0 saturated carbocycles. The lowest BCUT2D eigenvalue weighted by molar-refractivity contribution is -0.132. The second-order valence-electron chi connectivity index (χ2n) is 6.35. The third kappa shape index (κ3) is 4.10. The molecular formula is C20H23NO3S. The van der Waals surface area contributed by atoms with Crippen LogP contribution in [0.15, 0.2) is 36.4 Å². The van der Waals surface area contributed by atoms with Crippen molar-refractivity contribution in [2.75, 3.05) is 13.7 Å². The SMILES string of the molecule is COc1ccc([C@@H]2CCCN2C(=O)CCC(=O)c2ccc(C)s2)cc1. The topological polar surface area (TPSA) is 46.6 Å². The maximum atomic E-state index is 12.6. The highest BCUT2D eigenvalue weighted by molar-refractivity contribution is 7.14. The molecule has 3 rings (SSSR count). The van der Waals surface area contributed by atoms with Crippen molar-refractivity contribution in [1.82, 2.24) is 4.90 Å². The quantitative estimate of drug-likeness (QED) is 0.720. The van der Waals surface area contributed by atoms with Gasteiger partial charge < -0.3 is 9.64 Å². The van der Waals surface area contributed by atoms with Gasteiger partial charge in [0.05, 0.1) is 18.0 Å². The number of methoxy groups -OCH3 is 1. The van der Waals surface area contributed by atoms with E-state index in [1.807, 2.05) is 48.2 Å². The summed E-state index contributed by atoms with van der Waals surface area (Å²) in [5.41, 5.74) is 1.13. The molecular weight excluding hydrogens is 334 g/mol. The Labute approximate surface area is 152 Å². The number of rotatable bonds is 6. The number of aryl methyl sites for hydroxylation is 1. The van der Waals surface area contributed by atoms with E-state index in [-0.39, 0.29) is 30.6 Å². The summed E-state index contributed by atoms with van der Waals surface area (Å²) in [6.07, 6.45) is 2.53. The van der Waals surface area contributed by atoms with Gasteiger partial charge in [-0.25, -0.2) is 0 Å². The highest BCUT2D eigenvalue weighted by Gasteiger charge is 2.30. The summed E-state index contributed by atoms with van der Waals surface area (Å²) in [6, 6.07) is 11.8. The minimum atomic E-state index is 0.0617. The van der Waals surface area contributed by atoms with Gasteiger partial charge in [0, 0.05) is 24.3 Å². The van der Waals surface area contributed by atoms with Crippen molar-refractivity contribution in [2.45, 2.75) is 38.6 Å². The van der Waals surface area contributed by atoms with E-state index < -0.39 is 0 Å². The fourth-order valence-corrected chi connectivity index (χ4v) is 4.14. The standard InChI is InChI=1S/C20H23NO3S/c1-14-5-11-19(25-14)18(22)10-12-20(23)21-13-3-4-17(21)15-6-8-16(24-2)9-7-15/h5-9,11,17H,3-4,10,12-13H2,1-2H3/t17-/m0/s1. The lowest BCUT2D eigenvalue weighted by Gasteiger charge is -2.25. The Hall–Kier alpha value is -2.14. The van der Waals surface area contributed by atoms with Gasteiger partial charge in [0.15, 0.2) is 5.78 Å². The van der Waals surface area contributed by atoms with Crippen molar-refractivity contribution in [3.63, 3.8) is 0 Å². The number of likely N-dealkylation sites (tertiary alicyclic amines) is 1. The number of carbonyl (C=O) groups excluding carboxylic acids is 2. The maximum Gasteiger partial charge on any atom is 0.223 e. The number of carbonyl (C=O) groups is 2. The van der Waals surface area contributed by atoms with Gasteiger partial charge in [-0.05, 0) is 49.6 Å². The first-order valence-corrected chi connectivity index (χ1v) is 9.43. The smallest absolute Gasteiger partial charge is 0.223 e. The van der Waals surface area contributed by atoms with Crippen molar-refractivity contribution in [3.8, 4) is 5.75 Å². The van der Waals surface area contributed by atoms with Gasteiger partial charge in [0.25, 0.3) is 0 Å². The molecule has 132 valence electrons. The summed E-state index contributed by atoms with van der Waals surface area (Å²) in [7, 11) is 1.65. The van der Waals surface area contributed by atoms with E-state index >= 15 is 0 Å². The molecule has 1 atom stereocenters. The van der Waals surface area contributed by atoms with Crippen molar-refractivity contribution < 1.29 is 14.3 Å². The molecule has 1 aliphatic heterocycles. The Morgan fingerprint density at radius 1 is 1.16 bits per heavy atom. The zero-order valence-electron chi connectivity index (χ0n) is 14.7. The van der Waals surface area contributed by atoms with Crippen LogP contribution in [0.25, 0.3) is 0 Å². The minimum absolute atomic E-state index is 0.0617. The Bertz CT molecular complexity index is 751. The first kappa shape index (κ1) is 17.7. The van der Waals surface area contributed by atoms with Gasteiger partial charge in [-0.3, -0.25) is 9.59 Å². The first-order valence-electron chi connectivity index (χ1n) is 8.61. The largest absolute Gasteiger partial charge is 0.497 e. The van der Waals surface area contributed by atoms with Gasteiger partial charge >= 0.3 is 0 Å². The van der Waals surface area contributed by atoms with Crippen LogP contribution in [0.3, 0.4) is 0 Å². The molecule has 1 aliphatic rings. The monoisotopic (exact) mass is 357 g/mol. The number of ketones is 1. The average molecular weight is 357 g/mol. The lowest BCUT2D eigenvalue weighted by Crippen LogP contribution is -2.30. The molecule has 0 spiro atoms. The molecule has 1 fully saturated rings. The number of benzene rings is 1. The second-order valence-corrected chi connectivity index (χ2v) is 7.64. The number of hydrogen-bond donors (Lipinski definition) is 0. The van der Waals surface area contributed by atoms with E-state index in [0.29, 0.717) is 0 Å². The molecule has 0 bridgehead atoms. The average Bonchev–Trinajstić information content (AvgIpc) is 3.28. The van der Waals surface area contributed by atoms with Crippen molar-refractivity contribution in [1.29, 1.82) is 0 Å². The Morgan fingerprint density at radius 3 is 2.56 bits per heavy atom. The predicted molar refractivity (Wildman–Crippen MR) is 99.3 cm³/mol. The third-order valence-corrected chi connectivity index (χ3v) is 5.70. The second kappa shape index (κ2) is 7.83. The molecule has 2 aromatic rings. The number of amides is 1. The normalized spacial score (nSPS) is 16.9. The Balaban J connectivity index is 1.61. The zero-order valence-corrected chi connectivity index (χ0v) is 15.5. The summed E-state index contributed by atoms with van der Waals surface area (Å²) in [5.74, 6) is 0.947. The highest BCUT2D eigenvalue weighted by atomic mass is 32.1. The molecule has 1 aromatic heterocycles. The summed E-state index contributed by atoms with van der Waals surface area (Å²) >= 11 is 1.49. The van der Waals surface area contributed by atoms with Gasteiger partial charge in [0.1, 0.15) is 5.75 Å². The van der Waals surface area contributed by atoms with E-state index in [0.717, 1.165) is 40.5 Å². The van der Waals surface area contributed by atoms with Crippen LogP contribution in [0, 0.1) is 6.92 Å². The highest BCUT2D eigenvalue weighted by Crippen LogP contribution is 2.33. The number of thiophene rings is 1. The van der Waals surface area contributed by atoms with Gasteiger partial charge in [0.2, 0.25) is 5.91 Å². The maximum absolute atomic E-state index is 12.6. The fourth-order valence-electron chi connectivity index (χ4n) is 3.31. The minimum Gasteiger partial charge on any atom is -0.497 e. The van der Waals surface area contributed by atoms with Crippen molar-refractivity contribution in [3.05, 3.63) is 51.7 Å². The van der Waals surface area contributed by atoms with Crippen LogP contribution in [-0.4, -0.2) is 30.2 Å². The lowest BCUT2D eigenvalue weighted by atomic mass is 10.0. The van der Waals surface area contributed by atoms with E-state index in [1.54, 1.807) is 7.11 Å². The third-order valence-electron chi connectivity index (χ3n) is 4.65. The molecule has 1 amide bonds. The van der Waals surface area contributed by atoms with Crippen LogP contribution in [0.1, 0.15) is 51.8 Å². The van der Waals surface area contributed by atoms with Crippen LogP contribution in [0.5, 0.6) is 5.75 Å². The number of ether oxygens (including phenoxy) is 1. The molecule has 25 heavy (non-hydrogen) atoms. The van der Waals surface area contributed by atoms with Crippen molar-refractivity contribution >= 4 is 23.0 Å². The molecule has 1 aromatic carbocycles. The molecule has 5 heteroatoms. The fraction of sp³-hybridized carbons (Fsp3) is 0.400. The molecule has 0 N–H and O–H groups in total. The first-order chi connectivity index (χ1) is 12.1. The molecule has 0 radical (unpaired) electrons. The summed E-state index contributed by atoms with van der Waals surface area (Å²) in [4.78, 5) is 28.7. The van der Waals surface area contributed by atoms with Gasteiger partial charge in [-0.15, -0.1) is 11.3 Å². The number of Topliss-reactive ketones (excluding diaryl/α,β-unsaturated/α-hetero) is 1. The van der Waals surface area contributed by atoms with E-state index in [2.05, 4.69) is 0 Å². The van der Waals surface area contributed by atoms with E-state index in [4.69, 9.17) is 4.74 Å². The van der Waals surface area contributed by atoms with Crippen LogP contribution in [0.4, 0.5) is 0 Å². The van der Waals surface area contributed by atoms with Crippen molar-refractivity contribution in [2.24, 2.45) is 0 Å². The number of nitrogens with zero attached hydrogens (tertiary/aromatic N) is 1.